The largest absolute Gasteiger partial charge is 0.350 e. The molecule has 1 aromatic rings. The van der Waals surface area contributed by atoms with Crippen LogP contribution in [-0.2, 0) is 10.2 Å². The monoisotopic (exact) mass is 244 g/mol. The maximum atomic E-state index is 13.1. The van der Waals surface area contributed by atoms with Gasteiger partial charge in [0.25, 0.3) is 0 Å². The van der Waals surface area contributed by atoms with Gasteiger partial charge in [-0.3, -0.25) is 4.57 Å². The lowest BCUT2D eigenvalue weighted by atomic mass is 10.2. The molecule has 1 rings (SSSR count). The number of rotatable bonds is 2. The smallest absolute Gasteiger partial charge is 0.282 e. The van der Waals surface area contributed by atoms with E-state index in [1.54, 1.807) is 6.07 Å². The highest BCUT2D eigenvalue weighted by molar-refractivity contribution is 8.09. The first-order valence-corrected chi connectivity index (χ1v) is 6.80. The molecule has 0 aliphatic heterocycles. The van der Waals surface area contributed by atoms with Gasteiger partial charge in [0.2, 0.25) is 0 Å². The SMILES string of the molecule is O=P(Cl)(Cl)C(F)(F)c1ccccc1. The summed E-state index contributed by atoms with van der Waals surface area (Å²) < 4.78 is 37.1. The molecule has 0 radical (unpaired) electrons. The van der Waals surface area contributed by atoms with Crippen molar-refractivity contribution in [2.24, 2.45) is 0 Å². The second-order valence-electron chi connectivity index (χ2n) is 2.37. The third kappa shape index (κ3) is 2.22. The summed E-state index contributed by atoms with van der Waals surface area (Å²) in [6, 6.07) is 6.60. The van der Waals surface area contributed by atoms with Gasteiger partial charge >= 0.3 is 11.5 Å². The van der Waals surface area contributed by atoms with E-state index in [1.807, 2.05) is 0 Å². The molecule has 72 valence electrons. The lowest BCUT2D eigenvalue weighted by Gasteiger charge is -2.16. The highest BCUT2D eigenvalue weighted by atomic mass is 35.9. The van der Waals surface area contributed by atoms with E-state index in [4.69, 9.17) is 22.5 Å². The topological polar surface area (TPSA) is 17.1 Å². The molecule has 0 fully saturated rings. The van der Waals surface area contributed by atoms with Crippen molar-refractivity contribution in [3.63, 3.8) is 0 Å². The Labute approximate surface area is 83.6 Å². The van der Waals surface area contributed by atoms with E-state index in [0.29, 0.717) is 0 Å². The molecule has 1 aromatic carbocycles. The summed E-state index contributed by atoms with van der Waals surface area (Å²) in [6.07, 6.45) is 0. The molecule has 0 spiro atoms. The Morgan fingerprint density at radius 1 is 1.15 bits per heavy atom. The second kappa shape index (κ2) is 3.56. The van der Waals surface area contributed by atoms with Crippen LogP contribution in [0.3, 0.4) is 0 Å². The van der Waals surface area contributed by atoms with E-state index in [9.17, 15) is 13.3 Å². The fourth-order valence-electron chi connectivity index (χ4n) is 0.789. The number of hydrogen-bond donors (Lipinski definition) is 0. The van der Waals surface area contributed by atoms with Crippen LogP contribution in [0.2, 0.25) is 0 Å². The molecular weight excluding hydrogens is 240 g/mol. The number of hydrogen-bond acceptors (Lipinski definition) is 1. The van der Waals surface area contributed by atoms with Crippen LogP contribution >= 0.6 is 28.3 Å². The summed E-state index contributed by atoms with van der Waals surface area (Å²) >= 11 is 9.86. The molecule has 0 aromatic heterocycles. The molecule has 0 heterocycles. The van der Waals surface area contributed by atoms with Gasteiger partial charge in [-0.15, -0.1) is 0 Å². The zero-order valence-corrected chi connectivity index (χ0v) is 8.66. The van der Waals surface area contributed by atoms with Crippen molar-refractivity contribution in [2.45, 2.75) is 5.66 Å². The van der Waals surface area contributed by atoms with Crippen LogP contribution in [-0.4, -0.2) is 0 Å². The highest BCUT2D eigenvalue weighted by Gasteiger charge is 2.49. The minimum absolute atomic E-state index is 0.441. The van der Waals surface area contributed by atoms with E-state index in [1.165, 1.54) is 12.1 Å². The normalized spacial score (nSPS) is 12.9. The van der Waals surface area contributed by atoms with Crippen LogP contribution in [0.25, 0.3) is 0 Å². The third-order valence-corrected chi connectivity index (χ3v) is 3.63. The van der Waals surface area contributed by atoms with Gasteiger partial charge in [-0.2, -0.15) is 8.78 Å². The average Bonchev–Trinajstić information content (AvgIpc) is 2.04. The summed E-state index contributed by atoms with van der Waals surface area (Å²) in [7, 11) is 0. The standard InChI is InChI=1S/C7H5Cl2F2OP/c8-13(9,12)7(10,11)6-4-2-1-3-5-6/h1-5H. The molecule has 0 atom stereocenters. The lowest BCUT2D eigenvalue weighted by Crippen LogP contribution is -2.08. The maximum Gasteiger partial charge on any atom is 0.350 e. The number of halogens is 4. The van der Waals surface area contributed by atoms with E-state index in [-0.39, 0.29) is 0 Å². The van der Waals surface area contributed by atoms with Gasteiger partial charge in [-0.25, -0.2) is 0 Å². The predicted molar refractivity (Wildman–Crippen MR) is 49.6 cm³/mol. The molecule has 6 heteroatoms. The summed E-state index contributed by atoms with van der Waals surface area (Å²) in [5, 5.41) is 0. The van der Waals surface area contributed by atoms with Crippen molar-refractivity contribution >= 4 is 28.3 Å². The molecule has 0 aliphatic rings. The molecule has 13 heavy (non-hydrogen) atoms. The molecular formula is C7H5Cl2F2OP. The molecule has 0 saturated heterocycles. The summed E-state index contributed by atoms with van der Waals surface area (Å²) in [5.41, 5.74) is -4.12. The molecule has 0 saturated carbocycles. The summed E-state index contributed by atoms with van der Waals surface area (Å²) in [6.45, 7) is 0. The molecule has 0 amide bonds. The second-order valence-corrected chi connectivity index (χ2v) is 7.23. The zero-order valence-electron chi connectivity index (χ0n) is 6.25. The van der Waals surface area contributed by atoms with Crippen LogP contribution in [0, 0.1) is 0 Å². The Bertz CT molecular complexity index is 336. The van der Waals surface area contributed by atoms with Gasteiger partial charge in [0, 0.05) is 5.56 Å². The number of alkyl halides is 2. The maximum absolute atomic E-state index is 13.1. The Kier molecular flexibility index (Phi) is 3.01. The van der Waals surface area contributed by atoms with Gasteiger partial charge in [0.05, 0.1) is 0 Å². The van der Waals surface area contributed by atoms with E-state index < -0.39 is 17.1 Å². The van der Waals surface area contributed by atoms with Gasteiger partial charge in [-0.05, 0) is 22.5 Å². The Morgan fingerprint density at radius 3 is 2.00 bits per heavy atom. The first-order chi connectivity index (χ1) is 5.86. The van der Waals surface area contributed by atoms with Crippen LogP contribution in [0.5, 0.6) is 0 Å². The first kappa shape index (κ1) is 11.0. The molecule has 1 nitrogen and oxygen atoms in total. The zero-order chi connectivity index (χ0) is 10.1. The van der Waals surface area contributed by atoms with Crippen molar-refractivity contribution in [1.29, 1.82) is 0 Å². The van der Waals surface area contributed by atoms with Crippen molar-refractivity contribution in [3.8, 4) is 0 Å². The van der Waals surface area contributed by atoms with E-state index in [2.05, 4.69) is 0 Å². The van der Waals surface area contributed by atoms with Gasteiger partial charge < -0.3 is 0 Å². The fraction of sp³-hybridized carbons (Fsp3) is 0.143. The Morgan fingerprint density at radius 2 is 1.62 bits per heavy atom. The van der Waals surface area contributed by atoms with Gasteiger partial charge in [-0.1, -0.05) is 30.3 Å². The quantitative estimate of drug-likeness (QED) is 0.705. The number of benzene rings is 1. The lowest BCUT2D eigenvalue weighted by molar-refractivity contribution is 0.0937. The van der Waals surface area contributed by atoms with Gasteiger partial charge in [0.1, 0.15) is 0 Å². The molecule has 0 aliphatic carbocycles. The van der Waals surface area contributed by atoms with Crippen molar-refractivity contribution in [2.75, 3.05) is 0 Å². The third-order valence-electron chi connectivity index (χ3n) is 1.45. The average molecular weight is 245 g/mol. The molecule has 0 bridgehead atoms. The van der Waals surface area contributed by atoms with Crippen LogP contribution in [0.4, 0.5) is 8.78 Å². The van der Waals surface area contributed by atoms with E-state index in [0.717, 1.165) is 12.1 Å². The molecule has 0 unspecified atom stereocenters. The predicted octanol–water partition coefficient (Wildman–Crippen LogP) is 4.41. The van der Waals surface area contributed by atoms with Crippen LogP contribution in [0.1, 0.15) is 5.56 Å². The van der Waals surface area contributed by atoms with Crippen molar-refractivity contribution in [3.05, 3.63) is 35.9 Å². The first-order valence-electron chi connectivity index (χ1n) is 3.28. The van der Waals surface area contributed by atoms with Crippen LogP contribution in [0.15, 0.2) is 30.3 Å². The van der Waals surface area contributed by atoms with Crippen molar-refractivity contribution in [1.82, 2.24) is 0 Å². The fourth-order valence-corrected chi connectivity index (χ4v) is 1.82. The minimum Gasteiger partial charge on any atom is -0.282 e. The Balaban J connectivity index is 3.16. The minimum atomic E-state index is -4.48. The van der Waals surface area contributed by atoms with Crippen molar-refractivity contribution < 1.29 is 13.3 Å². The highest BCUT2D eigenvalue weighted by Crippen LogP contribution is 2.72. The summed E-state index contributed by atoms with van der Waals surface area (Å²) in [4.78, 5) is 0. The van der Waals surface area contributed by atoms with Crippen LogP contribution < -0.4 is 0 Å². The summed E-state index contributed by atoms with van der Waals surface area (Å²) in [5.74, 6) is -4.48. The molecule has 0 N–H and O–H groups in total. The van der Waals surface area contributed by atoms with Gasteiger partial charge in [0.15, 0.2) is 0 Å². The Hall–Kier alpha value is -0.110. The van der Waals surface area contributed by atoms with E-state index >= 15 is 0 Å².